The van der Waals surface area contributed by atoms with Gasteiger partial charge in [0.2, 0.25) is 5.82 Å². The molecule has 5 heteroatoms. The predicted molar refractivity (Wildman–Crippen MR) is 59.4 cm³/mol. The zero-order valence-electron chi connectivity index (χ0n) is 8.09. The molecule has 80 valence electrons. The topological polar surface area (TPSA) is 63.1 Å². The molecule has 0 bridgehead atoms. The van der Waals surface area contributed by atoms with Gasteiger partial charge in [-0.05, 0) is 12.1 Å². The van der Waals surface area contributed by atoms with Crippen molar-refractivity contribution in [2.75, 3.05) is 0 Å². The van der Waals surface area contributed by atoms with Gasteiger partial charge in [-0.1, -0.05) is 29.8 Å². The Kier molecular flexibility index (Phi) is 2.83. The van der Waals surface area contributed by atoms with Crippen LogP contribution in [0.3, 0.4) is 0 Å². The van der Waals surface area contributed by atoms with Gasteiger partial charge in [0.15, 0.2) is 0 Å². The maximum atomic E-state index is 10.7. The molecule has 1 aromatic heterocycles. The van der Waals surface area contributed by atoms with Gasteiger partial charge < -0.3 is 5.11 Å². The Labute approximate surface area is 96.6 Å². The highest BCUT2D eigenvalue weighted by Gasteiger charge is 2.09. The molecule has 0 atom stereocenters. The van der Waals surface area contributed by atoms with Gasteiger partial charge in [0.05, 0.1) is 5.69 Å². The molecule has 16 heavy (non-hydrogen) atoms. The highest BCUT2D eigenvalue weighted by atomic mass is 35.5. The second-order valence-electron chi connectivity index (χ2n) is 3.05. The quantitative estimate of drug-likeness (QED) is 0.867. The molecule has 0 saturated carbocycles. The standard InChI is InChI=1S/C11H7ClN2O2/c12-8-4-2-1-3-7(8)9-5-6-13-10(14-9)11(15)16/h1-6H,(H,15,16). The number of aromatic nitrogens is 2. The number of benzene rings is 1. The number of hydrogen-bond donors (Lipinski definition) is 1. The Morgan fingerprint density at radius 2 is 2.00 bits per heavy atom. The van der Waals surface area contributed by atoms with E-state index in [1.807, 2.05) is 6.07 Å². The summed E-state index contributed by atoms with van der Waals surface area (Å²) in [6, 6.07) is 8.72. The fourth-order valence-electron chi connectivity index (χ4n) is 1.28. The van der Waals surface area contributed by atoms with E-state index in [-0.39, 0.29) is 5.82 Å². The third-order valence-electron chi connectivity index (χ3n) is 2.00. The molecule has 0 radical (unpaired) electrons. The van der Waals surface area contributed by atoms with Gasteiger partial charge in [0.25, 0.3) is 0 Å². The van der Waals surface area contributed by atoms with Gasteiger partial charge in [-0.25, -0.2) is 14.8 Å². The minimum Gasteiger partial charge on any atom is -0.475 e. The monoisotopic (exact) mass is 234 g/mol. The lowest BCUT2D eigenvalue weighted by atomic mass is 10.1. The maximum absolute atomic E-state index is 10.7. The second kappa shape index (κ2) is 4.28. The van der Waals surface area contributed by atoms with Gasteiger partial charge in [0.1, 0.15) is 0 Å². The predicted octanol–water partition coefficient (Wildman–Crippen LogP) is 2.50. The van der Waals surface area contributed by atoms with Crippen molar-refractivity contribution in [2.45, 2.75) is 0 Å². The lowest BCUT2D eigenvalue weighted by Crippen LogP contribution is -2.04. The molecule has 1 aromatic carbocycles. The van der Waals surface area contributed by atoms with Crippen LogP contribution in [-0.2, 0) is 0 Å². The number of hydrogen-bond acceptors (Lipinski definition) is 3. The molecule has 0 aliphatic heterocycles. The third kappa shape index (κ3) is 2.01. The first-order valence-corrected chi connectivity index (χ1v) is 4.87. The normalized spacial score (nSPS) is 10.1. The molecule has 0 fully saturated rings. The van der Waals surface area contributed by atoms with Gasteiger partial charge in [-0.3, -0.25) is 0 Å². The van der Waals surface area contributed by atoms with E-state index in [0.717, 1.165) is 0 Å². The molecular weight excluding hydrogens is 228 g/mol. The fraction of sp³-hybridized carbons (Fsp3) is 0. The number of carboxylic acids is 1. The van der Waals surface area contributed by atoms with Crippen LogP contribution in [0.25, 0.3) is 11.3 Å². The van der Waals surface area contributed by atoms with Crippen molar-refractivity contribution in [3.63, 3.8) is 0 Å². The average molecular weight is 235 g/mol. The summed E-state index contributed by atoms with van der Waals surface area (Å²) >= 11 is 5.98. The SMILES string of the molecule is O=C(O)c1nccc(-c2ccccc2Cl)n1. The smallest absolute Gasteiger partial charge is 0.373 e. The lowest BCUT2D eigenvalue weighted by Gasteiger charge is -2.03. The number of aromatic carboxylic acids is 1. The Hall–Kier alpha value is -1.94. The summed E-state index contributed by atoms with van der Waals surface area (Å²) in [5.41, 5.74) is 1.19. The molecular formula is C11H7ClN2O2. The first-order chi connectivity index (χ1) is 7.68. The van der Waals surface area contributed by atoms with Crippen LogP contribution in [0.1, 0.15) is 10.6 Å². The number of nitrogens with zero attached hydrogens (tertiary/aromatic N) is 2. The van der Waals surface area contributed by atoms with Crippen LogP contribution in [0.2, 0.25) is 5.02 Å². The van der Waals surface area contributed by atoms with Crippen molar-refractivity contribution in [2.24, 2.45) is 0 Å². The number of halogens is 1. The van der Waals surface area contributed by atoms with Gasteiger partial charge in [-0.15, -0.1) is 0 Å². The molecule has 0 aliphatic rings. The van der Waals surface area contributed by atoms with E-state index >= 15 is 0 Å². The van der Waals surface area contributed by atoms with Crippen LogP contribution in [0.15, 0.2) is 36.5 Å². The Morgan fingerprint density at radius 3 is 2.69 bits per heavy atom. The molecule has 0 spiro atoms. The van der Waals surface area contributed by atoms with Crippen molar-refractivity contribution in [1.82, 2.24) is 9.97 Å². The summed E-state index contributed by atoms with van der Waals surface area (Å²) in [5, 5.41) is 9.29. The minimum atomic E-state index is -1.16. The fourth-order valence-corrected chi connectivity index (χ4v) is 1.51. The third-order valence-corrected chi connectivity index (χ3v) is 2.33. The van der Waals surface area contributed by atoms with Crippen molar-refractivity contribution in [3.05, 3.63) is 47.4 Å². The average Bonchev–Trinajstić information content (AvgIpc) is 2.30. The van der Waals surface area contributed by atoms with E-state index in [0.29, 0.717) is 16.3 Å². The van der Waals surface area contributed by atoms with Crippen LogP contribution >= 0.6 is 11.6 Å². The van der Waals surface area contributed by atoms with Crippen LogP contribution in [-0.4, -0.2) is 21.0 Å². The van der Waals surface area contributed by atoms with Crippen LogP contribution < -0.4 is 0 Å². The van der Waals surface area contributed by atoms with E-state index in [4.69, 9.17) is 16.7 Å². The molecule has 2 aromatic rings. The zero-order chi connectivity index (χ0) is 11.5. The summed E-state index contributed by atoms with van der Waals surface area (Å²) in [7, 11) is 0. The number of rotatable bonds is 2. The maximum Gasteiger partial charge on any atom is 0.373 e. The van der Waals surface area contributed by atoms with E-state index in [1.54, 1.807) is 24.3 Å². The van der Waals surface area contributed by atoms with Crippen molar-refractivity contribution in [1.29, 1.82) is 0 Å². The van der Waals surface area contributed by atoms with Crippen LogP contribution in [0, 0.1) is 0 Å². The minimum absolute atomic E-state index is 0.239. The summed E-state index contributed by atoms with van der Waals surface area (Å²) in [6.45, 7) is 0. The van der Waals surface area contributed by atoms with E-state index < -0.39 is 5.97 Å². The summed E-state index contributed by atoms with van der Waals surface area (Å²) in [6.07, 6.45) is 1.40. The Morgan fingerprint density at radius 1 is 1.25 bits per heavy atom. The highest BCUT2D eigenvalue weighted by Crippen LogP contribution is 2.25. The van der Waals surface area contributed by atoms with Crippen molar-refractivity contribution < 1.29 is 9.90 Å². The molecule has 0 amide bonds. The van der Waals surface area contributed by atoms with Crippen LogP contribution in [0.4, 0.5) is 0 Å². The molecule has 2 rings (SSSR count). The number of carbonyl (C=O) groups is 1. The van der Waals surface area contributed by atoms with Gasteiger partial charge in [-0.2, -0.15) is 0 Å². The highest BCUT2D eigenvalue weighted by molar-refractivity contribution is 6.33. The van der Waals surface area contributed by atoms with Crippen molar-refractivity contribution in [3.8, 4) is 11.3 Å². The molecule has 1 N–H and O–H groups in total. The summed E-state index contributed by atoms with van der Waals surface area (Å²) in [4.78, 5) is 18.3. The van der Waals surface area contributed by atoms with Gasteiger partial charge >= 0.3 is 5.97 Å². The lowest BCUT2D eigenvalue weighted by molar-refractivity contribution is 0.0683. The number of carboxylic acid groups (broad SMARTS) is 1. The zero-order valence-corrected chi connectivity index (χ0v) is 8.85. The molecule has 0 unspecified atom stereocenters. The van der Waals surface area contributed by atoms with Gasteiger partial charge in [0, 0.05) is 16.8 Å². The molecule has 0 saturated heterocycles. The first kappa shape index (κ1) is 10.6. The van der Waals surface area contributed by atoms with E-state index in [2.05, 4.69) is 9.97 Å². The molecule has 0 aliphatic carbocycles. The van der Waals surface area contributed by atoms with Crippen molar-refractivity contribution >= 4 is 17.6 Å². The van der Waals surface area contributed by atoms with Crippen LogP contribution in [0.5, 0.6) is 0 Å². The van der Waals surface area contributed by atoms with E-state index in [9.17, 15) is 4.79 Å². The largest absolute Gasteiger partial charge is 0.475 e. The second-order valence-corrected chi connectivity index (χ2v) is 3.46. The summed E-state index contributed by atoms with van der Waals surface area (Å²) < 4.78 is 0. The molecule has 4 nitrogen and oxygen atoms in total. The summed E-state index contributed by atoms with van der Waals surface area (Å²) in [5.74, 6) is -1.40. The Balaban J connectivity index is 2.53. The Bertz CT molecular complexity index is 543. The van der Waals surface area contributed by atoms with E-state index in [1.165, 1.54) is 6.20 Å². The molecule has 1 heterocycles. The first-order valence-electron chi connectivity index (χ1n) is 4.50.